The summed E-state index contributed by atoms with van der Waals surface area (Å²) in [5.41, 5.74) is 3.56. The zero-order chi connectivity index (χ0) is 13.7. The van der Waals surface area contributed by atoms with Crippen LogP contribution in [0.1, 0.15) is 31.2 Å². The summed E-state index contributed by atoms with van der Waals surface area (Å²) in [7, 11) is 0. The fourth-order valence-corrected chi connectivity index (χ4v) is 2.69. The molecule has 2 aromatic rings. The third-order valence-corrected chi connectivity index (χ3v) is 3.68. The summed E-state index contributed by atoms with van der Waals surface area (Å²) in [6.07, 6.45) is 1.12. The molecule has 4 heteroatoms. The van der Waals surface area contributed by atoms with Gasteiger partial charge < -0.3 is 5.32 Å². The second-order valence-electron chi connectivity index (χ2n) is 5.12. The van der Waals surface area contributed by atoms with Crippen molar-refractivity contribution < 1.29 is 0 Å². The van der Waals surface area contributed by atoms with Gasteiger partial charge in [-0.05, 0) is 36.0 Å². The van der Waals surface area contributed by atoms with Crippen LogP contribution in [0.4, 0.5) is 0 Å². The van der Waals surface area contributed by atoms with E-state index in [0.717, 1.165) is 30.8 Å². The lowest BCUT2D eigenvalue weighted by Gasteiger charge is -2.06. The van der Waals surface area contributed by atoms with Crippen molar-refractivity contribution in [2.45, 2.75) is 33.7 Å². The normalized spacial score (nSPS) is 11.2. The second kappa shape index (κ2) is 6.78. The molecule has 19 heavy (non-hydrogen) atoms. The minimum atomic E-state index is 0.691. The van der Waals surface area contributed by atoms with Gasteiger partial charge in [0.1, 0.15) is 5.69 Å². The average Bonchev–Trinajstić information content (AvgIpc) is 2.85. The highest BCUT2D eigenvalue weighted by atomic mass is 32.1. The van der Waals surface area contributed by atoms with E-state index in [2.05, 4.69) is 59.9 Å². The van der Waals surface area contributed by atoms with Gasteiger partial charge in [0.05, 0.1) is 4.88 Å². The van der Waals surface area contributed by atoms with Gasteiger partial charge in [-0.2, -0.15) is 0 Å². The Labute approximate surface area is 119 Å². The predicted molar refractivity (Wildman–Crippen MR) is 81.3 cm³/mol. The van der Waals surface area contributed by atoms with Crippen molar-refractivity contribution in [2.24, 2.45) is 5.92 Å². The summed E-state index contributed by atoms with van der Waals surface area (Å²) in [5.74, 6) is 0.691. The van der Waals surface area contributed by atoms with Crippen LogP contribution in [-0.4, -0.2) is 16.1 Å². The first kappa shape index (κ1) is 14.2. The summed E-state index contributed by atoms with van der Waals surface area (Å²) in [6.45, 7) is 8.40. The van der Waals surface area contributed by atoms with E-state index in [9.17, 15) is 0 Å². The molecule has 1 heterocycles. The van der Waals surface area contributed by atoms with Gasteiger partial charge in [0, 0.05) is 12.1 Å². The van der Waals surface area contributed by atoms with Crippen molar-refractivity contribution in [1.29, 1.82) is 0 Å². The molecule has 0 bridgehead atoms. The van der Waals surface area contributed by atoms with E-state index in [1.54, 1.807) is 0 Å². The summed E-state index contributed by atoms with van der Waals surface area (Å²) in [5, 5.41) is 7.59. The maximum absolute atomic E-state index is 4.26. The molecular formula is C15H21N3S. The highest BCUT2D eigenvalue weighted by molar-refractivity contribution is 7.05. The number of hydrogen-bond donors (Lipinski definition) is 1. The van der Waals surface area contributed by atoms with E-state index in [-0.39, 0.29) is 0 Å². The molecule has 0 saturated carbocycles. The molecule has 0 fully saturated rings. The maximum atomic E-state index is 4.26. The molecule has 0 aliphatic rings. The van der Waals surface area contributed by atoms with Crippen LogP contribution in [0.2, 0.25) is 0 Å². The van der Waals surface area contributed by atoms with Crippen molar-refractivity contribution in [3.8, 4) is 11.3 Å². The predicted octanol–water partition coefficient (Wildman–Crippen LogP) is 3.51. The van der Waals surface area contributed by atoms with Gasteiger partial charge >= 0.3 is 0 Å². The van der Waals surface area contributed by atoms with Crippen LogP contribution in [0.5, 0.6) is 0 Å². The molecule has 0 amide bonds. The molecule has 3 nitrogen and oxygen atoms in total. The second-order valence-corrected chi connectivity index (χ2v) is 5.96. The lowest BCUT2D eigenvalue weighted by Crippen LogP contribution is -2.11. The highest BCUT2D eigenvalue weighted by Crippen LogP contribution is 2.24. The third-order valence-electron chi connectivity index (χ3n) is 2.96. The third kappa shape index (κ3) is 3.85. The molecular weight excluding hydrogens is 254 g/mol. The standard InChI is InChI=1S/C15H21N3S/c1-4-16-10-14-15(17-18-19-14)13-7-5-12(6-8-13)9-11(2)3/h5-8,11,16H,4,9-10H2,1-3H3. The van der Waals surface area contributed by atoms with Crippen LogP contribution in [-0.2, 0) is 13.0 Å². The van der Waals surface area contributed by atoms with E-state index in [1.165, 1.54) is 22.0 Å². The maximum Gasteiger partial charge on any atom is 0.110 e. The minimum Gasteiger partial charge on any atom is -0.312 e. The molecule has 102 valence electrons. The van der Waals surface area contributed by atoms with E-state index < -0.39 is 0 Å². The molecule has 2 rings (SSSR count). The molecule has 0 unspecified atom stereocenters. The van der Waals surface area contributed by atoms with Gasteiger partial charge in [0.25, 0.3) is 0 Å². The van der Waals surface area contributed by atoms with Gasteiger partial charge in [-0.15, -0.1) is 5.10 Å². The van der Waals surface area contributed by atoms with Crippen molar-refractivity contribution in [2.75, 3.05) is 6.54 Å². The Bertz CT molecular complexity index is 502. The van der Waals surface area contributed by atoms with Crippen LogP contribution in [0.25, 0.3) is 11.3 Å². The van der Waals surface area contributed by atoms with Gasteiger partial charge in [-0.25, -0.2) is 0 Å². The number of benzene rings is 1. The molecule has 0 atom stereocenters. The molecule has 0 radical (unpaired) electrons. The van der Waals surface area contributed by atoms with Crippen LogP contribution in [0.3, 0.4) is 0 Å². The monoisotopic (exact) mass is 275 g/mol. The summed E-state index contributed by atoms with van der Waals surface area (Å²) in [6, 6.07) is 8.71. The molecule has 1 aromatic heterocycles. The number of hydrogen-bond acceptors (Lipinski definition) is 4. The first-order valence-corrected chi connectivity index (χ1v) is 7.59. The van der Waals surface area contributed by atoms with Crippen molar-refractivity contribution >= 4 is 11.5 Å². The molecule has 0 aliphatic carbocycles. The van der Waals surface area contributed by atoms with Crippen LogP contribution < -0.4 is 5.32 Å². The highest BCUT2D eigenvalue weighted by Gasteiger charge is 2.09. The summed E-state index contributed by atoms with van der Waals surface area (Å²) >= 11 is 1.48. The number of nitrogens with one attached hydrogen (secondary N) is 1. The SMILES string of the molecule is CCNCc1snnc1-c1ccc(CC(C)C)cc1. The van der Waals surface area contributed by atoms with E-state index in [4.69, 9.17) is 0 Å². The first-order valence-electron chi connectivity index (χ1n) is 6.82. The van der Waals surface area contributed by atoms with Crippen molar-refractivity contribution in [1.82, 2.24) is 14.9 Å². The van der Waals surface area contributed by atoms with Gasteiger partial charge in [-0.1, -0.05) is 49.5 Å². The Morgan fingerprint density at radius 2 is 1.95 bits per heavy atom. The zero-order valence-corrected chi connectivity index (χ0v) is 12.6. The lowest BCUT2D eigenvalue weighted by molar-refractivity contribution is 0.647. The number of nitrogens with zero attached hydrogens (tertiary/aromatic N) is 2. The molecule has 0 spiro atoms. The Balaban J connectivity index is 2.15. The molecule has 1 N–H and O–H groups in total. The Morgan fingerprint density at radius 3 is 2.58 bits per heavy atom. The Kier molecular flexibility index (Phi) is 5.05. The molecule has 0 saturated heterocycles. The largest absolute Gasteiger partial charge is 0.312 e. The van der Waals surface area contributed by atoms with E-state index in [0.29, 0.717) is 5.92 Å². The quantitative estimate of drug-likeness (QED) is 0.876. The molecule has 1 aromatic carbocycles. The Morgan fingerprint density at radius 1 is 1.21 bits per heavy atom. The summed E-state index contributed by atoms with van der Waals surface area (Å²) < 4.78 is 4.07. The topological polar surface area (TPSA) is 37.8 Å². The van der Waals surface area contributed by atoms with Crippen LogP contribution >= 0.6 is 11.5 Å². The van der Waals surface area contributed by atoms with Crippen LogP contribution in [0, 0.1) is 5.92 Å². The van der Waals surface area contributed by atoms with E-state index >= 15 is 0 Å². The van der Waals surface area contributed by atoms with Crippen molar-refractivity contribution in [3.05, 3.63) is 34.7 Å². The Hall–Kier alpha value is -1.26. The molecule has 0 aliphatic heterocycles. The number of rotatable bonds is 6. The fraction of sp³-hybridized carbons (Fsp3) is 0.467. The lowest BCUT2D eigenvalue weighted by atomic mass is 10.0. The number of aromatic nitrogens is 2. The van der Waals surface area contributed by atoms with Gasteiger partial charge in [0.15, 0.2) is 0 Å². The zero-order valence-electron chi connectivity index (χ0n) is 11.8. The average molecular weight is 275 g/mol. The van der Waals surface area contributed by atoms with Crippen molar-refractivity contribution in [3.63, 3.8) is 0 Å². The van der Waals surface area contributed by atoms with Gasteiger partial charge in [0.2, 0.25) is 0 Å². The summed E-state index contributed by atoms with van der Waals surface area (Å²) in [4.78, 5) is 1.21. The smallest absolute Gasteiger partial charge is 0.110 e. The fourth-order valence-electron chi connectivity index (χ4n) is 2.05. The van der Waals surface area contributed by atoms with E-state index in [1.807, 2.05) is 0 Å². The van der Waals surface area contributed by atoms with Crippen LogP contribution in [0.15, 0.2) is 24.3 Å². The minimum absolute atomic E-state index is 0.691. The first-order chi connectivity index (χ1) is 9.20. The van der Waals surface area contributed by atoms with Gasteiger partial charge in [-0.3, -0.25) is 0 Å².